The number of rotatable bonds is 3. The van der Waals surface area contributed by atoms with Gasteiger partial charge in [-0.25, -0.2) is 4.39 Å². The highest BCUT2D eigenvalue weighted by molar-refractivity contribution is 9.10. The standard InChI is InChI=1S/C14H9BrCl2FNO/c15-9-1-3-12(18)8(5-9)6-14(20)19-13-4-2-10(16)7-11(13)17/h1-5,7H,6H2,(H,19,20). The first-order valence-corrected chi connectivity index (χ1v) is 7.19. The van der Waals surface area contributed by atoms with Gasteiger partial charge in [0.2, 0.25) is 5.91 Å². The average Bonchev–Trinajstić information content (AvgIpc) is 2.37. The summed E-state index contributed by atoms with van der Waals surface area (Å²) >= 11 is 15.0. The zero-order valence-electron chi connectivity index (χ0n) is 10.1. The maximum Gasteiger partial charge on any atom is 0.228 e. The van der Waals surface area contributed by atoms with Gasteiger partial charge >= 0.3 is 0 Å². The minimum Gasteiger partial charge on any atom is -0.324 e. The topological polar surface area (TPSA) is 29.1 Å². The van der Waals surface area contributed by atoms with Gasteiger partial charge in [0.05, 0.1) is 17.1 Å². The molecule has 2 nitrogen and oxygen atoms in total. The SMILES string of the molecule is O=C(Cc1cc(Br)ccc1F)Nc1ccc(Cl)cc1Cl. The smallest absolute Gasteiger partial charge is 0.228 e. The quantitative estimate of drug-likeness (QED) is 0.795. The van der Waals surface area contributed by atoms with Crippen LogP contribution in [-0.2, 0) is 11.2 Å². The molecule has 0 saturated heterocycles. The van der Waals surface area contributed by atoms with Gasteiger partial charge in [0, 0.05) is 9.50 Å². The van der Waals surface area contributed by atoms with E-state index >= 15 is 0 Å². The Morgan fingerprint density at radius 3 is 2.65 bits per heavy atom. The fourth-order valence-corrected chi connectivity index (χ4v) is 2.50. The molecule has 0 aliphatic rings. The van der Waals surface area contributed by atoms with Crippen LogP contribution < -0.4 is 5.32 Å². The van der Waals surface area contributed by atoms with Crippen molar-refractivity contribution in [2.24, 2.45) is 0 Å². The van der Waals surface area contributed by atoms with Crippen LogP contribution in [0.15, 0.2) is 40.9 Å². The molecule has 20 heavy (non-hydrogen) atoms. The molecule has 0 spiro atoms. The van der Waals surface area contributed by atoms with Crippen molar-refractivity contribution in [3.05, 3.63) is 62.3 Å². The summed E-state index contributed by atoms with van der Waals surface area (Å²) in [5, 5.41) is 3.43. The lowest BCUT2D eigenvalue weighted by Gasteiger charge is -2.08. The van der Waals surface area contributed by atoms with Crippen molar-refractivity contribution >= 4 is 50.7 Å². The first-order chi connectivity index (χ1) is 9.45. The van der Waals surface area contributed by atoms with Crippen LogP contribution in [0.5, 0.6) is 0 Å². The van der Waals surface area contributed by atoms with Crippen molar-refractivity contribution in [1.82, 2.24) is 0 Å². The van der Waals surface area contributed by atoms with Gasteiger partial charge in [0.15, 0.2) is 0 Å². The highest BCUT2D eigenvalue weighted by atomic mass is 79.9. The van der Waals surface area contributed by atoms with Crippen LogP contribution in [-0.4, -0.2) is 5.91 Å². The second-order valence-corrected chi connectivity index (χ2v) is 5.84. The van der Waals surface area contributed by atoms with E-state index < -0.39 is 5.82 Å². The Kier molecular flexibility index (Phi) is 5.02. The second-order valence-electron chi connectivity index (χ2n) is 4.08. The van der Waals surface area contributed by atoms with Crippen LogP contribution in [0.2, 0.25) is 10.0 Å². The van der Waals surface area contributed by atoms with Crippen LogP contribution >= 0.6 is 39.1 Å². The number of hydrogen-bond acceptors (Lipinski definition) is 1. The maximum atomic E-state index is 13.6. The first-order valence-electron chi connectivity index (χ1n) is 5.64. The molecule has 0 aromatic heterocycles. The van der Waals surface area contributed by atoms with Crippen molar-refractivity contribution in [3.63, 3.8) is 0 Å². The van der Waals surface area contributed by atoms with Crippen LogP contribution in [0.3, 0.4) is 0 Å². The van der Waals surface area contributed by atoms with Crippen molar-refractivity contribution in [1.29, 1.82) is 0 Å². The number of amides is 1. The van der Waals surface area contributed by atoms with E-state index in [2.05, 4.69) is 21.2 Å². The molecule has 6 heteroatoms. The van der Waals surface area contributed by atoms with E-state index in [0.717, 1.165) is 0 Å². The lowest BCUT2D eigenvalue weighted by Crippen LogP contribution is -2.15. The van der Waals surface area contributed by atoms with E-state index in [-0.39, 0.29) is 12.3 Å². The molecule has 0 saturated carbocycles. The maximum absolute atomic E-state index is 13.6. The van der Waals surface area contributed by atoms with Gasteiger partial charge in [-0.05, 0) is 42.0 Å². The average molecular weight is 377 g/mol. The minimum atomic E-state index is -0.425. The first kappa shape index (κ1) is 15.3. The van der Waals surface area contributed by atoms with Gasteiger partial charge in [-0.3, -0.25) is 4.79 Å². The molecule has 0 radical (unpaired) electrons. The molecule has 0 aliphatic carbocycles. The van der Waals surface area contributed by atoms with E-state index in [1.165, 1.54) is 12.1 Å². The van der Waals surface area contributed by atoms with E-state index in [0.29, 0.717) is 25.8 Å². The monoisotopic (exact) mass is 375 g/mol. The number of anilines is 1. The number of hydrogen-bond donors (Lipinski definition) is 1. The number of carbonyl (C=O) groups excluding carboxylic acids is 1. The molecule has 2 rings (SSSR count). The van der Waals surface area contributed by atoms with Crippen LogP contribution in [0, 0.1) is 5.82 Å². The second kappa shape index (κ2) is 6.57. The molecule has 0 heterocycles. The highest BCUT2D eigenvalue weighted by Crippen LogP contribution is 2.25. The third kappa shape index (κ3) is 3.95. The van der Waals surface area contributed by atoms with Gasteiger partial charge in [-0.15, -0.1) is 0 Å². The van der Waals surface area contributed by atoms with Gasteiger partial charge in [0.1, 0.15) is 5.82 Å². The van der Waals surface area contributed by atoms with Gasteiger partial charge in [-0.1, -0.05) is 39.1 Å². The summed E-state index contributed by atoms with van der Waals surface area (Å²) in [5.74, 6) is -0.781. The van der Waals surface area contributed by atoms with E-state index in [9.17, 15) is 9.18 Å². The van der Waals surface area contributed by atoms with E-state index in [4.69, 9.17) is 23.2 Å². The summed E-state index contributed by atoms with van der Waals surface area (Å²) in [5.41, 5.74) is 0.749. The summed E-state index contributed by atoms with van der Waals surface area (Å²) in [7, 11) is 0. The Balaban J connectivity index is 2.11. The number of benzene rings is 2. The van der Waals surface area contributed by atoms with Gasteiger partial charge in [0.25, 0.3) is 0 Å². The van der Waals surface area contributed by atoms with Crippen LogP contribution in [0.25, 0.3) is 0 Å². The molecule has 1 amide bonds. The fourth-order valence-electron chi connectivity index (χ4n) is 1.64. The molecule has 0 atom stereocenters. The highest BCUT2D eigenvalue weighted by Gasteiger charge is 2.11. The third-order valence-corrected chi connectivity index (χ3v) is 3.61. The molecule has 104 valence electrons. The lowest BCUT2D eigenvalue weighted by atomic mass is 10.1. The van der Waals surface area contributed by atoms with E-state index in [1.807, 2.05) is 0 Å². The Labute approximate surface area is 134 Å². The summed E-state index contributed by atoms with van der Waals surface area (Å²) in [6.07, 6.45) is -0.0791. The van der Waals surface area contributed by atoms with Crippen molar-refractivity contribution < 1.29 is 9.18 Å². The Hall–Kier alpha value is -1.10. The largest absolute Gasteiger partial charge is 0.324 e. The molecule has 2 aromatic carbocycles. The third-order valence-electron chi connectivity index (χ3n) is 2.56. The molecule has 2 aromatic rings. The number of nitrogens with one attached hydrogen (secondary N) is 1. The molecular weight excluding hydrogens is 368 g/mol. The van der Waals surface area contributed by atoms with Crippen LogP contribution in [0.4, 0.5) is 10.1 Å². The zero-order valence-corrected chi connectivity index (χ0v) is 13.2. The molecule has 0 bridgehead atoms. The predicted molar refractivity (Wildman–Crippen MR) is 82.9 cm³/mol. The Bertz CT molecular complexity index is 664. The number of halogens is 4. The predicted octanol–water partition coefficient (Wildman–Crippen LogP) is 5.08. The zero-order chi connectivity index (χ0) is 14.7. The summed E-state index contributed by atoms with van der Waals surface area (Å²) in [6.45, 7) is 0. The lowest BCUT2D eigenvalue weighted by molar-refractivity contribution is -0.115. The fraction of sp³-hybridized carbons (Fsp3) is 0.0714. The molecule has 0 aliphatic heterocycles. The molecule has 1 N–H and O–H groups in total. The number of carbonyl (C=O) groups is 1. The summed E-state index contributed by atoms with van der Waals surface area (Å²) in [6, 6.07) is 9.19. The molecular formula is C14H9BrCl2FNO. The molecule has 0 unspecified atom stereocenters. The van der Waals surface area contributed by atoms with Gasteiger partial charge < -0.3 is 5.32 Å². The summed E-state index contributed by atoms with van der Waals surface area (Å²) < 4.78 is 14.3. The molecule has 0 fully saturated rings. The normalized spacial score (nSPS) is 10.4. The van der Waals surface area contributed by atoms with Crippen molar-refractivity contribution in [2.75, 3.05) is 5.32 Å². The Morgan fingerprint density at radius 2 is 1.95 bits per heavy atom. The minimum absolute atomic E-state index is 0.0791. The van der Waals surface area contributed by atoms with E-state index in [1.54, 1.807) is 24.3 Å². The Morgan fingerprint density at radius 1 is 1.20 bits per heavy atom. The van der Waals surface area contributed by atoms with Crippen LogP contribution in [0.1, 0.15) is 5.56 Å². The van der Waals surface area contributed by atoms with Gasteiger partial charge in [-0.2, -0.15) is 0 Å². The van der Waals surface area contributed by atoms with Crippen molar-refractivity contribution in [3.8, 4) is 0 Å². The van der Waals surface area contributed by atoms with Crippen molar-refractivity contribution in [2.45, 2.75) is 6.42 Å². The summed E-state index contributed by atoms with van der Waals surface area (Å²) in [4.78, 5) is 11.9.